The van der Waals surface area contributed by atoms with E-state index in [1.165, 1.54) is 5.56 Å². The van der Waals surface area contributed by atoms with Crippen molar-refractivity contribution in [2.75, 3.05) is 25.1 Å². The first-order chi connectivity index (χ1) is 9.43. The number of carbonyl (C=O) groups is 1. The van der Waals surface area contributed by atoms with Crippen LogP contribution in [0.3, 0.4) is 0 Å². The topological polar surface area (TPSA) is 29.5 Å². The van der Waals surface area contributed by atoms with E-state index in [2.05, 4.69) is 48.8 Å². The first-order valence-corrected chi connectivity index (χ1v) is 8.11. The monoisotopic (exact) mass is 339 g/mol. The van der Waals surface area contributed by atoms with Crippen LogP contribution in [0.1, 0.15) is 36.7 Å². The highest BCUT2D eigenvalue weighted by Crippen LogP contribution is 2.23. The van der Waals surface area contributed by atoms with Gasteiger partial charge in [0.15, 0.2) is 0 Å². The smallest absolute Gasteiger partial charge is 0.254 e. The fourth-order valence-electron chi connectivity index (χ4n) is 2.33. The quantitative estimate of drug-likeness (QED) is 0.774. The van der Waals surface area contributed by atoms with Crippen LogP contribution >= 0.6 is 15.9 Å². The van der Waals surface area contributed by atoms with E-state index in [0.29, 0.717) is 19.8 Å². The number of carbonyl (C=O) groups excluding carboxylic acids is 1. The Bertz CT molecular complexity index is 464. The Morgan fingerprint density at radius 1 is 1.35 bits per heavy atom. The molecule has 0 bridgehead atoms. The van der Waals surface area contributed by atoms with Gasteiger partial charge in [-0.2, -0.15) is 0 Å². The first-order valence-electron chi connectivity index (χ1n) is 6.98. The molecule has 0 saturated carbocycles. The van der Waals surface area contributed by atoms with Gasteiger partial charge >= 0.3 is 0 Å². The lowest BCUT2D eigenvalue weighted by atomic mass is 9.86. The predicted molar refractivity (Wildman–Crippen MR) is 84.6 cm³/mol. The molecule has 110 valence electrons. The molecule has 1 fully saturated rings. The number of benzene rings is 1. The molecular weight excluding hydrogens is 318 g/mol. The van der Waals surface area contributed by atoms with Crippen LogP contribution in [0.5, 0.6) is 0 Å². The standard InChI is InChI=1S/C16H22BrNO2/c1-16(2,3)13-6-4-12(5-7-13)15(19)18-8-9-20-11-14(18)10-17/h4-7,14H,8-11H2,1-3H3. The highest BCUT2D eigenvalue weighted by Gasteiger charge is 2.27. The molecule has 0 aliphatic carbocycles. The Labute approximate surface area is 129 Å². The minimum Gasteiger partial charge on any atom is -0.377 e. The second-order valence-electron chi connectivity index (χ2n) is 6.21. The van der Waals surface area contributed by atoms with E-state index < -0.39 is 0 Å². The van der Waals surface area contributed by atoms with Crippen molar-refractivity contribution < 1.29 is 9.53 Å². The molecule has 1 saturated heterocycles. The Morgan fingerprint density at radius 2 is 2.00 bits per heavy atom. The summed E-state index contributed by atoms with van der Waals surface area (Å²) < 4.78 is 5.43. The maximum absolute atomic E-state index is 12.6. The lowest BCUT2D eigenvalue weighted by Crippen LogP contribution is -2.49. The van der Waals surface area contributed by atoms with Crippen molar-refractivity contribution in [1.29, 1.82) is 0 Å². The SMILES string of the molecule is CC(C)(C)c1ccc(C(=O)N2CCOCC2CBr)cc1. The molecule has 1 heterocycles. The number of morpholine rings is 1. The maximum Gasteiger partial charge on any atom is 0.254 e. The molecule has 4 heteroatoms. The largest absolute Gasteiger partial charge is 0.377 e. The van der Waals surface area contributed by atoms with Crippen LogP contribution in [0.15, 0.2) is 24.3 Å². The van der Waals surface area contributed by atoms with Crippen molar-refractivity contribution in [2.24, 2.45) is 0 Å². The van der Waals surface area contributed by atoms with Gasteiger partial charge in [-0.1, -0.05) is 48.8 Å². The molecule has 0 N–H and O–H groups in total. The number of alkyl halides is 1. The molecule has 3 nitrogen and oxygen atoms in total. The lowest BCUT2D eigenvalue weighted by molar-refractivity contribution is 0.00524. The Balaban J connectivity index is 2.16. The third-order valence-corrected chi connectivity index (χ3v) is 4.41. The van der Waals surface area contributed by atoms with Gasteiger partial charge in [0.2, 0.25) is 0 Å². The van der Waals surface area contributed by atoms with Gasteiger partial charge in [-0.3, -0.25) is 4.79 Å². The molecule has 1 amide bonds. The molecule has 0 spiro atoms. The molecular formula is C16H22BrNO2. The summed E-state index contributed by atoms with van der Waals surface area (Å²) in [7, 11) is 0. The highest BCUT2D eigenvalue weighted by atomic mass is 79.9. The molecule has 1 unspecified atom stereocenters. The molecule has 0 radical (unpaired) electrons. The van der Waals surface area contributed by atoms with Crippen LogP contribution in [0.25, 0.3) is 0 Å². The van der Waals surface area contributed by atoms with Gasteiger partial charge in [0, 0.05) is 17.4 Å². The van der Waals surface area contributed by atoms with Crippen molar-refractivity contribution >= 4 is 21.8 Å². The summed E-state index contributed by atoms with van der Waals surface area (Å²) in [5.74, 6) is 0.0956. The van der Waals surface area contributed by atoms with Gasteiger partial charge in [0.25, 0.3) is 5.91 Å². The molecule has 0 aromatic heterocycles. The van der Waals surface area contributed by atoms with Crippen LogP contribution in [0.2, 0.25) is 0 Å². The van der Waals surface area contributed by atoms with E-state index in [1.807, 2.05) is 17.0 Å². The Hall–Kier alpha value is -0.870. The average Bonchev–Trinajstić information content (AvgIpc) is 2.45. The first kappa shape index (κ1) is 15.5. The van der Waals surface area contributed by atoms with E-state index in [0.717, 1.165) is 10.9 Å². The predicted octanol–water partition coefficient (Wildman–Crippen LogP) is 3.22. The van der Waals surface area contributed by atoms with Crippen molar-refractivity contribution in [3.63, 3.8) is 0 Å². The van der Waals surface area contributed by atoms with Gasteiger partial charge in [-0.15, -0.1) is 0 Å². The molecule has 20 heavy (non-hydrogen) atoms. The summed E-state index contributed by atoms with van der Waals surface area (Å²) in [6, 6.07) is 8.10. The molecule has 1 aliphatic rings. The molecule has 1 aromatic rings. The van der Waals surface area contributed by atoms with Crippen LogP contribution in [-0.4, -0.2) is 41.9 Å². The Kier molecular flexibility index (Phi) is 4.86. The van der Waals surface area contributed by atoms with Crippen LogP contribution in [0, 0.1) is 0 Å². The number of rotatable bonds is 2. The van der Waals surface area contributed by atoms with Crippen LogP contribution in [-0.2, 0) is 10.2 Å². The van der Waals surface area contributed by atoms with E-state index >= 15 is 0 Å². The van der Waals surface area contributed by atoms with Gasteiger partial charge in [0.05, 0.1) is 19.3 Å². The number of hydrogen-bond donors (Lipinski definition) is 0. The van der Waals surface area contributed by atoms with E-state index in [-0.39, 0.29) is 17.4 Å². The molecule has 1 aromatic carbocycles. The van der Waals surface area contributed by atoms with Gasteiger partial charge in [-0.25, -0.2) is 0 Å². The average molecular weight is 340 g/mol. The highest BCUT2D eigenvalue weighted by molar-refractivity contribution is 9.09. The Morgan fingerprint density at radius 3 is 2.55 bits per heavy atom. The number of halogens is 1. The fourth-order valence-corrected chi connectivity index (χ4v) is 2.87. The van der Waals surface area contributed by atoms with Gasteiger partial charge in [0.1, 0.15) is 0 Å². The summed E-state index contributed by atoms with van der Waals surface area (Å²) >= 11 is 3.46. The lowest BCUT2D eigenvalue weighted by Gasteiger charge is -2.34. The van der Waals surface area contributed by atoms with E-state index in [9.17, 15) is 4.79 Å². The van der Waals surface area contributed by atoms with Crippen LogP contribution < -0.4 is 0 Å². The third-order valence-electron chi connectivity index (χ3n) is 3.66. The second-order valence-corrected chi connectivity index (χ2v) is 6.86. The normalized spacial score (nSPS) is 20.0. The number of ether oxygens (including phenoxy) is 1. The summed E-state index contributed by atoms with van der Waals surface area (Å²) in [5, 5.41) is 0.749. The maximum atomic E-state index is 12.6. The number of hydrogen-bond acceptors (Lipinski definition) is 2. The fraction of sp³-hybridized carbons (Fsp3) is 0.562. The van der Waals surface area contributed by atoms with Crippen molar-refractivity contribution in [3.8, 4) is 0 Å². The van der Waals surface area contributed by atoms with Gasteiger partial charge in [-0.05, 0) is 23.1 Å². The minimum absolute atomic E-state index is 0.0956. The van der Waals surface area contributed by atoms with E-state index in [4.69, 9.17) is 4.74 Å². The molecule has 1 atom stereocenters. The summed E-state index contributed by atoms with van der Waals surface area (Å²) in [5.41, 5.74) is 2.11. The molecule has 1 aliphatic heterocycles. The van der Waals surface area contributed by atoms with E-state index in [1.54, 1.807) is 0 Å². The number of amides is 1. The summed E-state index contributed by atoms with van der Waals surface area (Å²) in [6.07, 6.45) is 0. The zero-order valence-electron chi connectivity index (χ0n) is 12.4. The van der Waals surface area contributed by atoms with Crippen molar-refractivity contribution in [2.45, 2.75) is 32.2 Å². The van der Waals surface area contributed by atoms with Crippen LogP contribution in [0.4, 0.5) is 0 Å². The zero-order chi connectivity index (χ0) is 14.8. The molecule has 2 rings (SSSR count). The zero-order valence-corrected chi connectivity index (χ0v) is 13.9. The third kappa shape index (κ3) is 3.41. The summed E-state index contributed by atoms with van der Waals surface area (Å²) in [4.78, 5) is 14.5. The second kappa shape index (κ2) is 6.27. The number of nitrogens with zero attached hydrogens (tertiary/aromatic N) is 1. The van der Waals surface area contributed by atoms with Crippen molar-refractivity contribution in [1.82, 2.24) is 4.90 Å². The van der Waals surface area contributed by atoms with Gasteiger partial charge < -0.3 is 9.64 Å². The minimum atomic E-state index is 0.0956. The summed E-state index contributed by atoms with van der Waals surface area (Å²) in [6.45, 7) is 8.41. The van der Waals surface area contributed by atoms with Crippen molar-refractivity contribution in [3.05, 3.63) is 35.4 Å².